The molecule has 100 valence electrons. The average Bonchev–Trinajstić information content (AvgIpc) is 3.12. The molecule has 1 saturated heterocycles. The van der Waals surface area contributed by atoms with Crippen LogP contribution in [0.3, 0.4) is 0 Å². The number of thioether (sulfide) groups is 1. The molecule has 0 aromatic heterocycles. The molecular weight excluding hydrogens is 349 g/mol. The molecule has 2 rings (SSSR count). The summed E-state index contributed by atoms with van der Waals surface area (Å²) < 4.78 is 5.64. The molecule has 3 N–H and O–H groups in total. The summed E-state index contributed by atoms with van der Waals surface area (Å²) in [5, 5.41) is 3.22. The number of nitrogens with zero attached hydrogens (tertiary/aromatic N) is 1. The van der Waals surface area contributed by atoms with Crippen LogP contribution >= 0.6 is 35.7 Å². The molecule has 1 aliphatic heterocycles. The zero-order valence-electron chi connectivity index (χ0n) is 10.3. The van der Waals surface area contributed by atoms with E-state index in [2.05, 4.69) is 16.6 Å². The van der Waals surface area contributed by atoms with Crippen LogP contribution in [0.5, 0.6) is 0 Å². The van der Waals surface area contributed by atoms with Gasteiger partial charge < -0.3 is 15.8 Å². The SMILES string of the molecule is CSC1(CN=C(N)NC2CC2)CCOCC1.I. The number of hydrogen-bond acceptors (Lipinski definition) is 3. The number of rotatable bonds is 4. The first-order valence-corrected chi connectivity index (χ1v) is 7.16. The maximum absolute atomic E-state index is 5.84. The molecule has 0 aromatic carbocycles. The van der Waals surface area contributed by atoms with Crippen LogP contribution in [0.25, 0.3) is 0 Å². The highest BCUT2D eigenvalue weighted by molar-refractivity contribution is 14.0. The lowest BCUT2D eigenvalue weighted by atomic mass is 9.99. The minimum atomic E-state index is 0. The van der Waals surface area contributed by atoms with E-state index >= 15 is 0 Å². The van der Waals surface area contributed by atoms with Crippen molar-refractivity contribution in [1.82, 2.24) is 5.32 Å². The number of aliphatic imine (C=N–C) groups is 1. The number of nitrogens with one attached hydrogen (secondary N) is 1. The second-order valence-corrected chi connectivity index (χ2v) is 5.89. The van der Waals surface area contributed by atoms with E-state index in [4.69, 9.17) is 10.5 Å². The minimum absolute atomic E-state index is 0. The van der Waals surface area contributed by atoms with Crippen molar-refractivity contribution in [1.29, 1.82) is 0 Å². The third-order valence-electron chi connectivity index (χ3n) is 3.30. The number of nitrogens with two attached hydrogens (primary N) is 1. The molecule has 1 aliphatic carbocycles. The lowest BCUT2D eigenvalue weighted by Crippen LogP contribution is -2.39. The maximum Gasteiger partial charge on any atom is 0.188 e. The molecule has 1 saturated carbocycles. The van der Waals surface area contributed by atoms with Gasteiger partial charge in [0.15, 0.2) is 5.96 Å². The van der Waals surface area contributed by atoms with Gasteiger partial charge in [0, 0.05) is 24.0 Å². The van der Waals surface area contributed by atoms with Crippen molar-refractivity contribution in [3.05, 3.63) is 0 Å². The molecule has 2 aliphatic rings. The van der Waals surface area contributed by atoms with Crippen molar-refractivity contribution in [3.8, 4) is 0 Å². The third-order valence-corrected chi connectivity index (χ3v) is 4.71. The predicted molar refractivity (Wildman–Crippen MR) is 84.4 cm³/mol. The standard InChI is InChI=1S/C11H21N3OS.HI/c1-16-11(4-6-15-7-5-11)8-13-10(12)14-9-2-3-9;/h9H,2-8H2,1H3,(H3,12,13,14);1H. The van der Waals surface area contributed by atoms with Gasteiger partial charge in [0.05, 0.1) is 6.54 Å². The Morgan fingerprint density at radius 3 is 2.65 bits per heavy atom. The summed E-state index contributed by atoms with van der Waals surface area (Å²) in [6.07, 6.45) is 6.78. The van der Waals surface area contributed by atoms with Gasteiger partial charge in [-0.2, -0.15) is 11.8 Å². The Labute approximate surface area is 125 Å². The van der Waals surface area contributed by atoms with Gasteiger partial charge in [-0.1, -0.05) is 0 Å². The van der Waals surface area contributed by atoms with Crippen LogP contribution < -0.4 is 11.1 Å². The van der Waals surface area contributed by atoms with E-state index in [9.17, 15) is 0 Å². The highest BCUT2D eigenvalue weighted by Gasteiger charge is 2.31. The highest BCUT2D eigenvalue weighted by Crippen LogP contribution is 2.33. The summed E-state index contributed by atoms with van der Waals surface area (Å²) in [5.41, 5.74) is 5.84. The maximum atomic E-state index is 5.84. The molecule has 2 fully saturated rings. The summed E-state index contributed by atoms with van der Waals surface area (Å²) in [6.45, 7) is 2.52. The molecule has 1 heterocycles. The fraction of sp³-hybridized carbons (Fsp3) is 0.909. The number of hydrogen-bond donors (Lipinski definition) is 2. The Morgan fingerprint density at radius 1 is 1.47 bits per heavy atom. The van der Waals surface area contributed by atoms with E-state index in [1.54, 1.807) is 0 Å². The van der Waals surface area contributed by atoms with Crippen LogP contribution in [0, 0.1) is 0 Å². The summed E-state index contributed by atoms with van der Waals surface area (Å²) >= 11 is 1.90. The van der Waals surface area contributed by atoms with Gasteiger partial charge >= 0.3 is 0 Å². The van der Waals surface area contributed by atoms with Crippen molar-refractivity contribution in [2.45, 2.75) is 36.5 Å². The Morgan fingerprint density at radius 2 is 2.12 bits per heavy atom. The Bertz CT molecular complexity index is 265. The third kappa shape index (κ3) is 4.82. The van der Waals surface area contributed by atoms with Crippen molar-refractivity contribution in [2.24, 2.45) is 10.7 Å². The van der Waals surface area contributed by atoms with Crippen LogP contribution in [0.2, 0.25) is 0 Å². The number of halogens is 1. The summed E-state index contributed by atoms with van der Waals surface area (Å²) in [4.78, 5) is 4.48. The van der Waals surface area contributed by atoms with Gasteiger partial charge in [0.2, 0.25) is 0 Å². The Hall–Kier alpha value is 0.310. The minimum Gasteiger partial charge on any atom is -0.381 e. The first-order valence-electron chi connectivity index (χ1n) is 5.93. The van der Waals surface area contributed by atoms with Crippen molar-refractivity contribution in [3.63, 3.8) is 0 Å². The summed E-state index contributed by atoms with van der Waals surface area (Å²) in [5.74, 6) is 0.613. The summed E-state index contributed by atoms with van der Waals surface area (Å²) in [7, 11) is 0. The van der Waals surface area contributed by atoms with E-state index in [1.165, 1.54) is 12.8 Å². The van der Waals surface area contributed by atoms with Crippen molar-refractivity contribution >= 4 is 41.7 Å². The van der Waals surface area contributed by atoms with Gasteiger partial charge in [-0.15, -0.1) is 24.0 Å². The van der Waals surface area contributed by atoms with Crippen LogP contribution in [0.15, 0.2) is 4.99 Å². The van der Waals surface area contributed by atoms with E-state index in [1.807, 2.05) is 11.8 Å². The molecule has 0 unspecified atom stereocenters. The fourth-order valence-corrected chi connectivity index (χ4v) is 2.65. The molecular formula is C11H22IN3OS. The van der Waals surface area contributed by atoms with Crippen LogP contribution in [-0.2, 0) is 4.74 Å². The number of guanidine groups is 1. The van der Waals surface area contributed by atoms with Crippen molar-refractivity contribution in [2.75, 3.05) is 26.0 Å². The Balaban J connectivity index is 0.00000144. The lowest BCUT2D eigenvalue weighted by molar-refractivity contribution is 0.0794. The second kappa shape index (κ2) is 7.04. The monoisotopic (exact) mass is 371 g/mol. The molecule has 0 radical (unpaired) electrons. The van der Waals surface area contributed by atoms with E-state index < -0.39 is 0 Å². The highest BCUT2D eigenvalue weighted by atomic mass is 127. The smallest absolute Gasteiger partial charge is 0.188 e. The topological polar surface area (TPSA) is 59.6 Å². The largest absolute Gasteiger partial charge is 0.381 e. The van der Waals surface area contributed by atoms with Gasteiger partial charge in [-0.05, 0) is 31.9 Å². The summed E-state index contributed by atoms with van der Waals surface area (Å²) in [6, 6.07) is 0.587. The molecule has 6 heteroatoms. The number of ether oxygens (including phenoxy) is 1. The average molecular weight is 371 g/mol. The lowest BCUT2D eigenvalue weighted by Gasteiger charge is -2.34. The molecule has 0 bridgehead atoms. The van der Waals surface area contributed by atoms with Gasteiger partial charge in [0.1, 0.15) is 0 Å². The predicted octanol–water partition coefficient (Wildman–Crippen LogP) is 1.58. The fourth-order valence-electron chi connectivity index (χ4n) is 1.88. The van der Waals surface area contributed by atoms with E-state index in [0.29, 0.717) is 12.0 Å². The van der Waals surface area contributed by atoms with Crippen molar-refractivity contribution < 1.29 is 4.74 Å². The first kappa shape index (κ1) is 15.4. The van der Waals surface area contributed by atoms with Gasteiger partial charge in [-0.25, -0.2) is 0 Å². The molecule has 0 spiro atoms. The second-order valence-electron chi connectivity index (χ2n) is 4.62. The van der Waals surface area contributed by atoms with Gasteiger partial charge in [0.25, 0.3) is 0 Å². The zero-order valence-corrected chi connectivity index (χ0v) is 13.4. The molecule has 0 atom stereocenters. The molecule has 17 heavy (non-hydrogen) atoms. The van der Waals surface area contributed by atoms with E-state index in [0.717, 1.165) is 32.6 Å². The van der Waals surface area contributed by atoms with Crippen LogP contribution in [0.1, 0.15) is 25.7 Å². The Kier molecular flexibility index (Phi) is 6.36. The first-order chi connectivity index (χ1) is 7.74. The molecule has 0 amide bonds. The molecule has 0 aromatic rings. The molecule has 4 nitrogen and oxygen atoms in total. The van der Waals surface area contributed by atoms with E-state index in [-0.39, 0.29) is 28.7 Å². The quantitative estimate of drug-likeness (QED) is 0.448. The zero-order chi connectivity index (χ0) is 11.4. The van der Waals surface area contributed by atoms with Crippen LogP contribution in [0.4, 0.5) is 0 Å². The normalized spacial score (nSPS) is 23.9. The van der Waals surface area contributed by atoms with Gasteiger partial charge in [-0.3, -0.25) is 4.99 Å². The van der Waals surface area contributed by atoms with Crippen LogP contribution in [-0.4, -0.2) is 42.8 Å².